The van der Waals surface area contributed by atoms with Crippen LogP contribution in [-0.4, -0.2) is 23.5 Å². The highest BCUT2D eigenvalue weighted by Gasteiger charge is 2.22. The van der Waals surface area contributed by atoms with Crippen LogP contribution >= 0.6 is 0 Å². The van der Waals surface area contributed by atoms with Gasteiger partial charge in [-0.05, 0) is 50.7 Å². The number of pyridine rings is 1. The molecule has 1 heterocycles. The zero-order chi connectivity index (χ0) is 13.0. The van der Waals surface area contributed by atoms with Gasteiger partial charge in [0.2, 0.25) is 6.41 Å². The molecule has 4 nitrogen and oxygen atoms in total. The van der Waals surface area contributed by atoms with E-state index in [1.54, 1.807) is 0 Å². The largest absolute Gasteiger partial charge is 0.382 e. The molecule has 1 fully saturated rings. The van der Waals surface area contributed by atoms with Gasteiger partial charge in [0.15, 0.2) is 0 Å². The fraction of sp³-hybridized carbons (Fsp3) is 0.571. The Kier molecular flexibility index (Phi) is 4.18. The molecule has 2 atom stereocenters. The zero-order valence-corrected chi connectivity index (χ0v) is 11.1. The van der Waals surface area contributed by atoms with Gasteiger partial charge in [0.25, 0.3) is 0 Å². The Hall–Kier alpha value is -1.58. The summed E-state index contributed by atoms with van der Waals surface area (Å²) < 4.78 is 0. The molecule has 2 N–H and O–H groups in total. The molecule has 18 heavy (non-hydrogen) atoms. The number of nitrogens with one attached hydrogen (secondary N) is 2. The minimum Gasteiger partial charge on any atom is -0.382 e. The molecule has 2 rings (SSSR count). The number of hydrogen-bond acceptors (Lipinski definition) is 3. The quantitative estimate of drug-likeness (QED) is 0.802. The van der Waals surface area contributed by atoms with Gasteiger partial charge in [0, 0.05) is 30.2 Å². The molecule has 0 aromatic carbocycles. The number of hydrogen-bond donors (Lipinski definition) is 2. The minimum absolute atomic E-state index is 0.316. The number of aromatic nitrogens is 1. The molecule has 98 valence electrons. The van der Waals surface area contributed by atoms with Gasteiger partial charge in [-0.1, -0.05) is 0 Å². The van der Waals surface area contributed by atoms with Crippen LogP contribution in [0, 0.1) is 13.8 Å². The fourth-order valence-corrected chi connectivity index (χ4v) is 2.70. The molecule has 4 heteroatoms. The van der Waals surface area contributed by atoms with Crippen LogP contribution in [0.1, 0.15) is 36.8 Å². The third-order valence-electron chi connectivity index (χ3n) is 3.65. The van der Waals surface area contributed by atoms with Crippen LogP contribution in [0.5, 0.6) is 0 Å². The van der Waals surface area contributed by atoms with Crippen LogP contribution in [-0.2, 0) is 4.79 Å². The predicted molar refractivity (Wildman–Crippen MR) is 72.6 cm³/mol. The number of carbonyl (C=O) groups excluding carboxylic acids is 1. The SMILES string of the molecule is Cc1cncc(C)c1NC1CCCC(NC=O)C1. The predicted octanol–water partition coefficient (Wildman–Crippen LogP) is 2.17. The first-order valence-electron chi connectivity index (χ1n) is 6.58. The number of carbonyl (C=O) groups is 1. The van der Waals surface area contributed by atoms with E-state index < -0.39 is 0 Å². The Bertz CT molecular complexity index is 399. The maximum Gasteiger partial charge on any atom is 0.207 e. The summed E-state index contributed by atoms with van der Waals surface area (Å²) in [6.45, 7) is 4.15. The Morgan fingerprint density at radius 3 is 2.56 bits per heavy atom. The average Bonchev–Trinajstić information content (AvgIpc) is 2.35. The number of amides is 1. The molecule has 2 unspecified atom stereocenters. The third-order valence-corrected chi connectivity index (χ3v) is 3.65. The van der Waals surface area contributed by atoms with Crippen molar-refractivity contribution >= 4 is 12.1 Å². The zero-order valence-electron chi connectivity index (χ0n) is 11.1. The second kappa shape index (κ2) is 5.85. The standard InChI is InChI=1S/C14H21N3O/c1-10-7-15-8-11(2)14(10)17-13-5-3-4-12(6-13)16-9-18/h7-9,12-13H,3-6H2,1-2H3,(H,15,17)(H,16,18). The maximum atomic E-state index is 10.5. The molecule has 0 spiro atoms. The first kappa shape index (κ1) is 12.9. The van der Waals surface area contributed by atoms with Crippen molar-refractivity contribution in [1.82, 2.24) is 10.3 Å². The number of rotatable bonds is 4. The molecular formula is C14H21N3O. The lowest BCUT2D eigenvalue weighted by Crippen LogP contribution is -2.38. The van der Waals surface area contributed by atoms with Crippen molar-refractivity contribution in [3.8, 4) is 0 Å². The van der Waals surface area contributed by atoms with Gasteiger partial charge in [-0.15, -0.1) is 0 Å². The van der Waals surface area contributed by atoms with E-state index in [0.29, 0.717) is 12.1 Å². The van der Waals surface area contributed by atoms with Crippen LogP contribution in [0.4, 0.5) is 5.69 Å². The molecule has 1 aromatic rings. The Balaban J connectivity index is 2.02. The van der Waals surface area contributed by atoms with Crippen molar-refractivity contribution in [2.75, 3.05) is 5.32 Å². The van der Waals surface area contributed by atoms with E-state index in [2.05, 4.69) is 29.5 Å². The summed E-state index contributed by atoms with van der Waals surface area (Å²) in [5.74, 6) is 0. The summed E-state index contributed by atoms with van der Waals surface area (Å²) in [6.07, 6.45) is 9.00. The highest BCUT2D eigenvalue weighted by molar-refractivity contribution is 5.55. The van der Waals surface area contributed by atoms with Crippen molar-refractivity contribution in [1.29, 1.82) is 0 Å². The van der Waals surface area contributed by atoms with E-state index >= 15 is 0 Å². The number of anilines is 1. The van der Waals surface area contributed by atoms with Gasteiger partial charge in [0.1, 0.15) is 0 Å². The summed E-state index contributed by atoms with van der Waals surface area (Å²) in [7, 11) is 0. The van der Waals surface area contributed by atoms with Crippen LogP contribution in [0.15, 0.2) is 12.4 Å². The fourth-order valence-electron chi connectivity index (χ4n) is 2.70. The first-order chi connectivity index (χ1) is 8.70. The van der Waals surface area contributed by atoms with E-state index in [4.69, 9.17) is 0 Å². The van der Waals surface area contributed by atoms with Gasteiger partial charge in [0.05, 0.1) is 0 Å². The second-order valence-corrected chi connectivity index (χ2v) is 5.14. The van der Waals surface area contributed by atoms with Crippen molar-refractivity contribution in [3.63, 3.8) is 0 Å². The molecule has 1 amide bonds. The van der Waals surface area contributed by atoms with E-state index in [1.807, 2.05) is 12.4 Å². The monoisotopic (exact) mass is 247 g/mol. The van der Waals surface area contributed by atoms with Gasteiger partial charge in [-0.25, -0.2) is 0 Å². The highest BCUT2D eigenvalue weighted by Crippen LogP contribution is 2.25. The van der Waals surface area contributed by atoms with Crippen molar-refractivity contribution in [3.05, 3.63) is 23.5 Å². The molecule has 0 aliphatic heterocycles. The first-order valence-corrected chi connectivity index (χ1v) is 6.58. The summed E-state index contributed by atoms with van der Waals surface area (Å²) >= 11 is 0. The summed E-state index contributed by atoms with van der Waals surface area (Å²) in [6, 6.07) is 0.757. The van der Waals surface area contributed by atoms with Crippen molar-refractivity contribution in [2.45, 2.75) is 51.6 Å². The van der Waals surface area contributed by atoms with Gasteiger partial charge >= 0.3 is 0 Å². The van der Waals surface area contributed by atoms with Crippen molar-refractivity contribution in [2.24, 2.45) is 0 Å². The lowest BCUT2D eigenvalue weighted by molar-refractivity contribution is -0.110. The smallest absolute Gasteiger partial charge is 0.207 e. The van der Waals surface area contributed by atoms with E-state index in [-0.39, 0.29) is 0 Å². The van der Waals surface area contributed by atoms with Gasteiger partial charge < -0.3 is 10.6 Å². The number of nitrogens with zero attached hydrogens (tertiary/aromatic N) is 1. The van der Waals surface area contributed by atoms with E-state index in [1.165, 1.54) is 16.8 Å². The van der Waals surface area contributed by atoms with Gasteiger partial charge in [-0.2, -0.15) is 0 Å². The maximum absolute atomic E-state index is 10.5. The minimum atomic E-state index is 0.316. The topological polar surface area (TPSA) is 54.0 Å². The third kappa shape index (κ3) is 3.00. The second-order valence-electron chi connectivity index (χ2n) is 5.14. The summed E-state index contributed by atoms with van der Waals surface area (Å²) in [5, 5.41) is 6.51. The molecule has 1 aliphatic rings. The average molecular weight is 247 g/mol. The normalized spacial score (nSPS) is 23.4. The Labute approximate surface area is 108 Å². The lowest BCUT2D eigenvalue weighted by Gasteiger charge is -2.31. The summed E-state index contributed by atoms with van der Waals surface area (Å²) in [5.41, 5.74) is 3.56. The molecular weight excluding hydrogens is 226 g/mol. The molecule has 1 aromatic heterocycles. The van der Waals surface area contributed by atoms with E-state index in [0.717, 1.165) is 32.1 Å². The lowest BCUT2D eigenvalue weighted by atomic mass is 9.90. The highest BCUT2D eigenvalue weighted by atomic mass is 16.1. The van der Waals surface area contributed by atoms with Crippen LogP contribution < -0.4 is 10.6 Å². The Morgan fingerprint density at radius 2 is 1.89 bits per heavy atom. The molecule has 0 bridgehead atoms. The van der Waals surface area contributed by atoms with Crippen molar-refractivity contribution < 1.29 is 4.79 Å². The molecule has 1 aliphatic carbocycles. The molecule has 0 saturated heterocycles. The van der Waals surface area contributed by atoms with Crippen LogP contribution in [0.2, 0.25) is 0 Å². The van der Waals surface area contributed by atoms with Crippen LogP contribution in [0.3, 0.4) is 0 Å². The molecule has 1 saturated carbocycles. The Morgan fingerprint density at radius 1 is 1.22 bits per heavy atom. The van der Waals surface area contributed by atoms with E-state index in [9.17, 15) is 4.79 Å². The summed E-state index contributed by atoms with van der Waals surface area (Å²) in [4.78, 5) is 14.7. The molecule has 0 radical (unpaired) electrons. The van der Waals surface area contributed by atoms with Gasteiger partial charge in [-0.3, -0.25) is 9.78 Å². The van der Waals surface area contributed by atoms with Crippen LogP contribution in [0.25, 0.3) is 0 Å². The number of aryl methyl sites for hydroxylation is 2.